The van der Waals surface area contributed by atoms with Crippen molar-refractivity contribution in [3.63, 3.8) is 0 Å². The standard InChI is InChI=1S/C13H12Br2N2/c1-9(10-4-6-11(14)7-5-10)17-13-12(15)3-2-8-16-13/h2-9H,1H3,(H,16,17). The van der Waals surface area contributed by atoms with E-state index in [4.69, 9.17) is 0 Å². The Hall–Kier alpha value is -0.870. The van der Waals surface area contributed by atoms with E-state index >= 15 is 0 Å². The fraction of sp³-hybridized carbons (Fsp3) is 0.154. The molecule has 2 rings (SSSR count). The van der Waals surface area contributed by atoms with E-state index in [9.17, 15) is 0 Å². The van der Waals surface area contributed by atoms with Gasteiger partial charge >= 0.3 is 0 Å². The lowest BCUT2D eigenvalue weighted by Gasteiger charge is -2.15. The predicted octanol–water partition coefficient (Wildman–Crippen LogP) is 4.78. The van der Waals surface area contributed by atoms with Crippen LogP contribution in [-0.4, -0.2) is 4.98 Å². The minimum absolute atomic E-state index is 0.217. The van der Waals surface area contributed by atoms with E-state index in [0.717, 1.165) is 14.8 Å². The molecule has 2 aromatic rings. The van der Waals surface area contributed by atoms with Crippen molar-refractivity contribution in [2.24, 2.45) is 0 Å². The third-order valence-electron chi connectivity index (χ3n) is 2.48. The van der Waals surface area contributed by atoms with Gasteiger partial charge < -0.3 is 5.32 Å². The van der Waals surface area contributed by atoms with Crippen LogP contribution in [0.1, 0.15) is 18.5 Å². The lowest BCUT2D eigenvalue weighted by molar-refractivity contribution is 0.872. The first-order valence-corrected chi connectivity index (χ1v) is 6.88. The molecule has 0 saturated heterocycles. The van der Waals surface area contributed by atoms with E-state index in [1.807, 2.05) is 24.3 Å². The lowest BCUT2D eigenvalue weighted by atomic mass is 10.1. The summed E-state index contributed by atoms with van der Waals surface area (Å²) in [5.41, 5.74) is 1.23. The topological polar surface area (TPSA) is 24.9 Å². The first kappa shape index (κ1) is 12.6. The van der Waals surface area contributed by atoms with Crippen LogP contribution >= 0.6 is 31.9 Å². The van der Waals surface area contributed by atoms with Gasteiger partial charge in [-0.05, 0) is 52.7 Å². The Morgan fingerprint density at radius 1 is 1.12 bits per heavy atom. The van der Waals surface area contributed by atoms with Gasteiger partial charge in [-0.3, -0.25) is 0 Å². The highest BCUT2D eigenvalue weighted by Gasteiger charge is 2.07. The van der Waals surface area contributed by atoms with Crippen molar-refractivity contribution in [3.05, 3.63) is 57.1 Å². The summed E-state index contributed by atoms with van der Waals surface area (Å²) in [5, 5.41) is 3.37. The largest absolute Gasteiger partial charge is 0.363 e. The smallest absolute Gasteiger partial charge is 0.140 e. The number of benzene rings is 1. The summed E-state index contributed by atoms with van der Waals surface area (Å²) >= 11 is 6.91. The van der Waals surface area contributed by atoms with Crippen LogP contribution in [0.15, 0.2) is 51.5 Å². The van der Waals surface area contributed by atoms with E-state index in [0.29, 0.717) is 0 Å². The summed E-state index contributed by atoms with van der Waals surface area (Å²) in [7, 11) is 0. The van der Waals surface area contributed by atoms with Crippen LogP contribution in [-0.2, 0) is 0 Å². The number of nitrogens with zero attached hydrogens (tertiary/aromatic N) is 1. The molecule has 0 bridgehead atoms. The second-order valence-electron chi connectivity index (χ2n) is 3.75. The molecular formula is C13H12Br2N2. The molecule has 0 aliphatic rings. The molecule has 0 amide bonds. The van der Waals surface area contributed by atoms with Gasteiger partial charge in [0.25, 0.3) is 0 Å². The van der Waals surface area contributed by atoms with Gasteiger partial charge in [0, 0.05) is 16.7 Å². The van der Waals surface area contributed by atoms with Crippen LogP contribution < -0.4 is 5.32 Å². The molecule has 1 unspecified atom stereocenters. The molecular weight excluding hydrogens is 344 g/mol. The second kappa shape index (κ2) is 5.65. The fourth-order valence-corrected chi connectivity index (χ4v) is 2.17. The van der Waals surface area contributed by atoms with Crippen LogP contribution in [0.2, 0.25) is 0 Å². The van der Waals surface area contributed by atoms with Gasteiger partial charge in [-0.1, -0.05) is 28.1 Å². The summed E-state index contributed by atoms with van der Waals surface area (Å²) in [6.07, 6.45) is 1.78. The number of pyridine rings is 1. The van der Waals surface area contributed by atoms with Crippen LogP contribution in [0.25, 0.3) is 0 Å². The summed E-state index contributed by atoms with van der Waals surface area (Å²) in [5.74, 6) is 0.864. The Bertz CT molecular complexity index is 497. The predicted molar refractivity (Wildman–Crippen MR) is 78.1 cm³/mol. The molecule has 2 nitrogen and oxygen atoms in total. The molecule has 0 aliphatic heterocycles. The third-order valence-corrected chi connectivity index (χ3v) is 3.65. The molecule has 17 heavy (non-hydrogen) atoms. The Kier molecular flexibility index (Phi) is 4.18. The van der Waals surface area contributed by atoms with E-state index in [1.165, 1.54) is 5.56 Å². The Morgan fingerprint density at radius 3 is 2.47 bits per heavy atom. The summed E-state index contributed by atoms with van der Waals surface area (Å²) in [6.45, 7) is 2.12. The Balaban J connectivity index is 2.14. The normalized spacial score (nSPS) is 12.2. The van der Waals surface area contributed by atoms with Gasteiger partial charge in [-0.15, -0.1) is 0 Å². The third kappa shape index (κ3) is 3.30. The summed E-state index contributed by atoms with van der Waals surface area (Å²) in [6, 6.07) is 12.4. The maximum Gasteiger partial charge on any atom is 0.140 e. The number of hydrogen-bond donors (Lipinski definition) is 1. The van der Waals surface area contributed by atoms with Crippen molar-refractivity contribution < 1.29 is 0 Å². The van der Waals surface area contributed by atoms with Crippen molar-refractivity contribution in [2.75, 3.05) is 5.32 Å². The number of halogens is 2. The number of rotatable bonds is 3. The van der Waals surface area contributed by atoms with Crippen LogP contribution in [0.5, 0.6) is 0 Å². The molecule has 0 aliphatic carbocycles. The Morgan fingerprint density at radius 2 is 1.82 bits per heavy atom. The molecule has 1 aromatic heterocycles. The van der Waals surface area contributed by atoms with Crippen molar-refractivity contribution >= 4 is 37.7 Å². The molecule has 0 fully saturated rings. The highest BCUT2D eigenvalue weighted by Crippen LogP contribution is 2.24. The van der Waals surface area contributed by atoms with Crippen LogP contribution in [0.4, 0.5) is 5.82 Å². The van der Waals surface area contributed by atoms with E-state index in [1.54, 1.807) is 6.20 Å². The molecule has 1 atom stereocenters. The van der Waals surface area contributed by atoms with Gasteiger partial charge in [0.2, 0.25) is 0 Å². The number of aromatic nitrogens is 1. The SMILES string of the molecule is CC(Nc1ncccc1Br)c1ccc(Br)cc1. The number of anilines is 1. The minimum Gasteiger partial charge on any atom is -0.363 e. The zero-order valence-electron chi connectivity index (χ0n) is 9.32. The van der Waals surface area contributed by atoms with Gasteiger partial charge in [0.1, 0.15) is 5.82 Å². The van der Waals surface area contributed by atoms with Crippen molar-refractivity contribution in [1.82, 2.24) is 4.98 Å². The molecule has 4 heteroatoms. The molecule has 0 saturated carbocycles. The molecule has 88 valence electrons. The monoisotopic (exact) mass is 354 g/mol. The molecule has 0 spiro atoms. The maximum atomic E-state index is 4.29. The Labute approximate surface area is 118 Å². The quantitative estimate of drug-likeness (QED) is 0.856. The van der Waals surface area contributed by atoms with Gasteiger partial charge in [-0.25, -0.2) is 4.98 Å². The summed E-state index contributed by atoms with van der Waals surface area (Å²) < 4.78 is 2.07. The molecule has 1 N–H and O–H groups in total. The van der Waals surface area contributed by atoms with Crippen LogP contribution in [0, 0.1) is 0 Å². The van der Waals surface area contributed by atoms with Gasteiger partial charge in [-0.2, -0.15) is 0 Å². The first-order chi connectivity index (χ1) is 8.16. The molecule has 1 aromatic carbocycles. The molecule has 1 heterocycles. The van der Waals surface area contributed by atoms with E-state index < -0.39 is 0 Å². The van der Waals surface area contributed by atoms with Crippen LogP contribution in [0.3, 0.4) is 0 Å². The zero-order valence-corrected chi connectivity index (χ0v) is 12.5. The van der Waals surface area contributed by atoms with Gasteiger partial charge in [0.15, 0.2) is 0 Å². The number of hydrogen-bond acceptors (Lipinski definition) is 2. The minimum atomic E-state index is 0.217. The van der Waals surface area contributed by atoms with Gasteiger partial charge in [0.05, 0.1) is 4.47 Å². The lowest BCUT2D eigenvalue weighted by Crippen LogP contribution is -2.08. The van der Waals surface area contributed by atoms with E-state index in [-0.39, 0.29) is 6.04 Å². The van der Waals surface area contributed by atoms with Crippen molar-refractivity contribution in [3.8, 4) is 0 Å². The highest BCUT2D eigenvalue weighted by atomic mass is 79.9. The fourth-order valence-electron chi connectivity index (χ4n) is 1.53. The average Bonchev–Trinajstić information content (AvgIpc) is 2.33. The van der Waals surface area contributed by atoms with Crippen molar-refractivity contribution in [2.45, 2.75) is 13.0 Å². The average molecular weight is 356 g/mol. The first-order valence-electron chi connectivity index (χ1n) is 5.29. The highest BCUT2D eigenvalue weighted by molar-refractivity contribution is 9.10. The summed E-state index contributed by atoms with van der Waals surface area (Å²) in [4.78, 5) is 4.29. The number of nitrogens with one attached hydrogen (secondary N) is 1. The molecule has 0 radical (unpaired) electrons. The maximum absolute atomic E-state index is 4.29. The van der Waals surface area contributed by atoms with E-state index in [2.05, 4.69) is 61.2 Å². The van der Waals surface area contributed by atoms with Crippen molar-refractivity contribution in [1.29, 1.82) is 0 Å². The zero-order chi connectivity index (χ0) is 12.3. The second-order valence-corrected chi connectivity index (χ2v) is 5.52.